The number of fused-ring (bicyclic) bond motifs is 1. The highest BCUT2D eigenvalue weighted by atomic mass is 32.2. The number of thiocarbonyl (C=S) groups is 1. The van der Waals surface area contributed by atoms with Crippen LogP contribution in [0.2, 0.25) is 0 Å². The Bertz CT molecular complexity index is 1260. The van der Waals surface area contributed by atoms with Crippen molar-refractivity contribution in [1.29, 1.82) is 0 Å². The third kappa shape index (κ3) is 3.83. The number of ether oxygens (including phenoxy) is 2. The molecule has 1 N–H and O–H groups in total. The zero-order valence-corrected chi connectivity index (χ0v) is 18.8. The Labute approximate surface area is 195 Å². The highest BCUT2D eigenvalue weighted by Crippen LogP contribution is 2.47. The molecule has 1 fully saturated rings. The Morgan fingerprint density at radius 2 is 1.72 bits per heavy atom. The van der Waals surface area contributed by atoms with Crippen molar-refractivity contribution in [3.8, 4) is 11.5 Å². The van der Waals surface area contributed by atoms with Crippen LogP contribution in [0.3, 0.4) is 0 Å². The number of methoxy groups -OCH3 is 1. The number of rotatable bonds is 4. The van der Waals surface area contributed by atoms with Crippen LogP contribution in [0.5, 0.6) is 11.5 Å². The van der Waals surface area contributed by atoms with E-state index in [1.165, 1.54) is 11.8 Å². The van der Waals surface area contributed by atoms with Crippen molar-refractivity contribution >= 4 is 40.0 Å². The van der Waals surface area contributed by atoms with Crippen molar-refractivity contribution in [2.45, 2.75) is 5.92 Å². The van der Waals surface area contributed by atoms with E-state index >= 15 is 0 Å². The monoisotopic (exact) mass is 457 g/mol. The third-order valence-corrected chi connectivity index (χ3v) is 6.59. The third-order valence-electron chi connectivity index (χ3n) is 5.43. The Hall–Kier alpha value is -3.35. The molecule has 1 amide bonds. The maximum Gasteiger partial charge on any atom is 0.263 e. The van der Waals surface area contributed by atoms with Gasteiger partial charge in [0.15, 0.2) is 0 Å². The Balaban J connectivity index is 1.76. The van der Waals surface area contributed by atoms with Gasteiger partial charge in [-0.25, -0.2) is 0 Å². The standard InChI is InChI=1S/C26H19NO3S2/c1-29-18-13-11-17(12-14-18)24-20(15-22-25(28)27-26(31)32-22)23(16-7-3-2-4-8-16)19-9-5-6-10-21(19)30-24/h2-15,23H,1H3,(H,27,28,31)/b22-15-/t23-/m0/s1. The van der Waals surface area contributed by atoms with Gasteiger partial charge in [-0.1, -0.05) is 72.5 Å². The Morgan fingerprint density at radius 3 is 2.41 bits per heavy atom. The van der Waals surface area contributed by atoms with Crippen LogP contribution < -0.4 is 14.8 Å². The average molecular weight is 458 g/mol. The van der Waals surface area contributed by atoms with Gasteiger partial charge in [0.2, 0.25) is 0 Å². The largest absolute Gasteiger partial charge is 0.497 e. The predicted molar refractivity (Wildman–Crippen MR) is 132 cm³/mol. The predicted octanol–water partition coefficient (Wildman–Crippen LogP) is 5.66. The number of amides is 1. The Kier molecular flexibility index (Phi) is 5.55. The maximum absolute atomic E-state index is 12.5. The zero-order valence-electron chi connectivity index (χ0n) is 17.2. The van der Waals surface area contributed by atoms with Gasteiger partial charge in [0.1, 0.15) is 21.6 Å². The first-order chi connectivity index (χ1) is 15.6. The number of hydrogen-bond acceptors (Lipinski definition) is 5. The summed E-state index contributed by atoms with van der Waals surface area (Å²) in [4.78, 5) is 13.1. The SMILES string of the molecule is COc1ccc(C2=C(/C=C3\SC(=S)NC3=O)[C@@H](c3ccccc3)c3ccccc3O2)cc1. The van der Waals surface area contributed by atoms with E-state index < -0.39 is 0 Å². The van der Waals surface area contributed by atoms with Crippen LogP contribution in [-0.2, 0) is 4.79 Å². The smallest absolute Gasteiger partial charge is 0.263 e. The van der Waals surface area contributed by atoms with E-state index in [2.05, 4.69) is 23.5 Å². The molecule has 158 valence electrons. The van der Waals surface area contributed by atoms with Crippen molar-refractivity contribution in [2.24, 2.45) is 0 Å². The van der Waals surface area contributed by atoms with Crippen molar-refractivity contribution in [1.82, 2.24) is 5.32 Å². The van der Waals surface area contributed by atoms with Crippen LogP contribution in [0.25, 0.3) is 5.76 Å². The molecule has 0 spiro atoms. The molecule has 3 aromatic carbocycles. The van der Waals surface area contributed by atoms with Gasteiger partial charge in [-0.3, -0.25) is 4.79 Å². The molecule has 1 atom stereocenters. The van der Waals surface area contributed by atoms with Crippen molar-refractivity contribution in [3.05, 3.63) is 112 Å². The van der Waals surface area contributed by atoms with Crippen LogP contribution in [0.4, 0.5) is 0 Å². The molecule has 4 nitrogen and oxygen atoms in total. The zero-order chi connectivity index (χ0) is 22.1. The van der Waals surface area contributed by atoms with Crippen LogP contribution >= 0.6 is 24.0 Å². The van der Waals surface area contributed by atoms with Crippen LogP contribution in [0.15, 0.2) is 95.4 Å². The lowest BCUT2D eigenvalue weighted by molar-refractivity contribution is -0.115. The summed E-state index contributed by atoms with van der Waals surface area (Å²) in [6.45, 7) is 0. The molecule has 0 aliphatic carbocycles. The molecule has 0 unspecified atom stereocenters. The summed E-state index contributed by atoms with van der Waals surface area (Å²) >= 11 is 6.48. The Morgan fingerprint density at radius 1 is 1.00 bits per heavy atom. The lowest BCUT2D eigenvalue weighted by Gasteiger charge is -2.30. The van der Waals surface area contributed by atoms with Gasteiger partial charge >= 0.3 is 0 Å². The quantitative estimate of drug-likeness (QED) is 0.405. The molecule has 5 rings (SSSR count). The summed E-state index contributed by atoms with van der Waals surface area (Å²) < 4.78 is 12.2. The second-order valence-corrected chi connectivity index (χ2v) is 9.07. The molecular weight excluding hydrogens is 438 g/mol. The first-order valence-electron chi connectivity index (χ1n) is 10.1. The highest BCUT2D eigenvalue weighted by molar-refractivity contribution is 8.26. The van der Waals surface area contributed by atoms with Crippen LogP contribution in [0.1, 0.15) is 22.6 Å². The topological polar surface area (TPSA) is 47.6 Å². The number of allylic oxidation sites excluding steroid dienone is 2. The fourth-order valence-electron chi connectivity index (χ4n) is 3.96. The molecule has 0 radical (unpaired) electrons. The van der Waals surface area contributed by atoms with Gasteiger partial charge in [-0.2, -0.15) is 0 Å². The van der Waals surface area contributed by atoms with E-state index in [-0.39, 0.29) is 11.8 Å². The van der Waals surface area contributed by atoms with Gasteiger partial charge in [0.05, 0.1) is 12.0 Å². The number of carbonyl (C=O) groups is 1. The number of para-hydroxylation sites is 1. The van der Waals surface area contributed by atoms with Gasteiger partial charge in [-0.05, 0) is 42.0 Å². The second kappa shape index (κ2) is 8.65. The molecule has 32 heavy (non-hydrogen) atoms. The fourth-order valence-corrected chi connectivity index (χ4v) is 5.00. The first kappa shape index (κ1) is 20.5. The maximum atomic E-state index is 12.5. The van der Waals surface area contributed by atoms with Gasteiger partial charge in [-0.15, -0.1) is 0 Å². The van der Waals surface area contributed by atoms with E-state index in [9.17, 15) is 4.79 Å². The average Bonchev–Trinajstić information content (AvgIpc) is 3.15. The molecule has 0 saturated carbocycles. The van der Waals surface area contributed by atoms with E-state index in [0.717, 1.165) is 33.8 Å². The van der Waals surface area contributed by atoms with Crippen molar-refractivity contribution < 1.29 is 14.3 Å². The molecule has 0 bridgehead atoms. The van der Waals surface area contributed by atoms with Crippen molar-refractivity contribution in [2.75, 3.05) is 7.11 Å². The van der Waals surface area contributed by atoms with E-state index in [1.54, 1.807) is 7.11 Å². The molecule has 6 heteroatoms. The first-order valence-corrected chi connectivity index (χ1v) is 11.3. The molecule has 2 aliphatic rings. The van der Waals surface area contributed by atoms with Crippen LogP contribution in [-0.4, -0.2) is 17.3 Å². The molecule has 1 saturated heterocycles. The summed E-state index contributed by atoms with van der Waals surface area (Å²) in [6.07, 6.45) is 1.91. The molecule has 0 aromatic heterocycles. The van der Waals surface area contributed by atoms with Gasteiger partial charge in [0.25, 0.3) is 5.91 Å². The number of nitrogens with one attached hydrogen (secondary N) is 1. The van der Waals surface area contributed by atoms with E-state index in [4.69, 9.17) is 21.7 Å². The second-order valence-electron chi connectivity index (χ2n) is 7.35. The minimum atomic E-state index is -0.188. The number of benzene rings is 3. The molecule has 2 heterocycles. The molecule has 2 aliphatic heterocycles. The van der Waals surface area contributed by atoms with Gasteiger partial charge in [0, 0.05) is 22.6 Å². The van der Waals surface area contributed by atoms with Crippen LogP contribution in [0, 0.1) is 0 Å². The summed E-state index contributed by atoms with van der Waals surface area (Å²) in [6, 6.07) is 26.0. The van der Waals surface area contributed by atoms with E-state index in [1.807, 2.05) is 66.7 Å². The minimum Gasteiger partial charge on any atom is -0.497 e. The number of thioether (sulfide) groups is 1. The molecular formula is C26H19NO3S2. The van der Waals surface area contributed by atoms with Gasteiger partial charge < -0.3 is 14.8 Å². The van der Waals surface area contributed by atoms with Crippen molar-refractivity contribution in [3.63, 3.8) is 0 Å². The summed E-state index contributed by atoms with van der Waals surface area (Å²) in [5.41, 5.74) is 3.97. The highest BCUT2D eigenvalue weighted by Gasteiger charge is 2.32. The lowest BCUT2D eigenvalue weighted by Crippen LogP contribution is -2.19. The lowest BCUT2D eigenvalue weighted by atomic mass is 9.81. The normalized spacial score (nSPS) is 18.9. The fraction of sp³-hybridized carbons (Fsp3) is 0.0769. The summed E-state index contributed by atoms with van der Waals surface area (Å²) in [7, 11) is 1.64. The minimum absolute atomic E-state index is 0.103. The summed E-state index contributed by atoms with van der Waals surface area (Å²) in [5.74, 6) is 1.98. The number of hydrogen-bond donors (Lipinski definition) is 1. The number of carbonyl (C=O) groups excluding carboxylic acids is 1. The molecule has 3 aromatic rings. The summed E-state index contributed by atoms with van der Waals surface area (Å²) in [5, 5.41) is 2.71. The van der Waals surface area contributed by atoms with E-state index in [0.29, 0.717) is 15.0 Å².